The van der Waals surface area contributed by atoms with Crippen LogP contribution >= 0.6 is 22.6 Å². The molecule has 0 aromatic heterocycles. The molecule has 0 atom stereocenters. The van der Waals surface area contributed by atoms with Gasteiger partial charge in [0.25, 0.3) is 0 Å². The molecule has 0 unspecified atom stereocenters. The molecule has 0 aliphatic carbocycles. The Bertz CT molecular complexity index is 1290. The van der Waals surface area contributed by atoms with Crippen LogP contribution in [0, 0.1) is 3.57 Å². The zero-order valence-electron chi connectivity index (χ0n) is 18.8. The number of carbonyl (C=O) groups excluding carboxylic acids is 1. The summed E-state index contributed by atoms with van der Waals surface area (Å²) in [5.74, 6) is 1.31. The Balaban J connectivity index is 1.47. The van der Waals surface area contributed by atoms with Crippen LogP contribution in [0.15, 0.2) is 90.0 Å². The molecule has 0 aliphatic rings. The summed E-state index contributed by atoms with van der Waals surface area (Å²) in [4.78, 5) is 12.4. The molecular weight excluding hydrogens is 539 g/mol. The van der Waals surface area contributed by atoms with Gasteiger partial charge in [0.1, 0.15) is 18.1 Å². The summed E-state index contributed by atoms with van der Waals surface area (Å²) >= 11 is 2.28. The highest BCUT2D eigenvalue weighted by atomic mass is 127. The molecule has 0 bridgehead atoms. The van der Waals surface area contributed by atoms with Crippen molar-refractivity contribution in [3.05, 3.63) is 105 Å². The molecule has 0 fully saturated rings. The predicted molar refractivity (Wildman–Crippen MR) is 144 cm³/mol. The van der Waals surface area contributed by atoms with Crippen molar-refractivity contribution in [2.24, 2.45) is 5.10 Å². The number of halogens is 1. The number of nitrogens with zero attached hydrogens (tertiary/aromatic N) is 1. The van der Waals surface area contributed by atoms with E-state index in [1.807, 2.05) is 67.6 Å². The number of nitrogens with one attached hydrogen (secondary N) is 1. The van der Waals surface area contributed by atoms with E-state index in [4.69, 9.17) is 9.47 Å². The monoisotopic (exact) mass is 564 g/mol. The molecule has 0 spiro atoms. The molecule has 0 aliphatic heterocycles. The van der Waals surface area contributed by atoms with Crippen molar-refractivity contribution in [1.29, 1.82) is 0 Å². The Morgan fingerprint density at radius 1 is 0.912 bits per heavy atom. The molecule has 0 saturated heterocycles. The minimum Gasteiger partial charge on any atom is -0.494 e. The van der Waals surface area contributed by atoms with Crippen molar-refractivity contribution in [1.82, 2.24) is 5.43 Å². The molecule has 4 rings (SSSR count). The fourth-order valence-corrected chi connectivity index (χ4v) is 3.90. The molecule has 5 nitrogen and oxygen atoms in total. The fourth-order valence-electron chi connectivity index (χ4n) is 3.54. The minimum absolute atomic E-state index is 0.193. The van der Waals surface area contributed by atoms with Crippen molar-refractivity contribution >= 4 is 45.5 Å². The van der Waals surface area contributed by atoms with E-state index in [1.165, 1.54) is 3.57 Å². The van der Waals surface area contributed by atoms with E-state index in [9.17, 15) is 4.79 Å². The largest absolute Gasteiger partial charge is 0.494 e. The number of rotatable bonds is 9. The topological polar surface area (TPSA) is 59.9 Å². The summed E-state index contributed by atoms with van der Waals surface area (Å²) in [6, 6.07) is 27.7. The lowest BCUT2D eigenvalue weighted by molar-refractivity contribution is -0.120. The minimum atomic E-state index is -0.193. The molecule has 0 heterocycles. The van der Waals surface area contributed by atoms with Gasteiger partial charge in [-0.2, -0.15) is 5.10 Å². The average Bonchev–Trinajstić information content (AvgIpc) is 2.85. The standard InChI is InChI=1S/C28H25IN2O3/c1-2-33-24-14-9-20(10-15-24)17-28(32)31-30-18-26-25-6-4-3-5-22(25)11-16-27(26)34-19-21-7-12-23(29)13-8-21/h3-16,18H,2,17,19H2,1H3,(H,31,32)/b30-18-. The first-order valence-electron chi connectivity index (χ1n) is 11.0. The first kappa shape index (κ1) is 23.8. The maximum atomic E-state index is 12.4. The van der Waals surface area contributed by atoms with Gasteiger partial charge in [-0.25, -0.2) is 5.43 Å². The Kier molecular flexibility index (Phi) is 8.14. The number of amides is 1. The lowest BCUT2D eigenvalue weighted by Gasteiger charge is -2.12. The third kappa shape index (κ3) is 6.35. The van der Waals surface area contributed by atoms with Gasteiger partial charge < -0.3 is 9.47 Å². The molecular formula is C28H25IN2O3. The Morgan fingerprint density at radius 2 is 1.65 bits per heavy atom. The van der Waals surface area contributed by atoms with Crippen molar-refractivity contribution in [2.75, 3.05) is 6.61 Å². The third-order valence-corrected chi connectivity index (χ3v) is 5.94. The highest BCUT2D eigenvalue weighted by Gasteiger charge is 2.09. The van der Waals surface area contributed by atoms with E-state index in [0.29, 0.717) is 19.0 Å². The Morgan fingerprint density at radius 3 is 2.41 bits per heavy atom. The summed E-state index contributed by atoms with van der Waals surface area (Å²) in [6.45, 7) is 2.99. The van der Waals surface area contributed by atoms with E-state index in [2.05, 4.69) is 57.4 Å². The van der Waals surface area contributed by atoms with Crippen molar-refractivity contribution < 1.29 is 14.3 Å². The number of hydrogen-bond acceptors (Lipinski definition) is 4. The van der Waals surface area contributed by atoms with Crippen molar-refractivity contribution in [2.45, 2.75) is 20.0 Å². The third-order valence-electron chi connectivity index (χ3n) is 5.22. The number of hydrogen-bond donors (Lipinski definition) is 1. The molecule has 34 heavy (non-hydrogen) atoms. The number of fused-ring (bicyclic) bond motifs is 1. The summed E-state index contributed by atoms with van der Waals surface area (Å²) in [5, 5.41) is 6.31. The molecule has 4 aromatic carbocycles. The van der Waals surface area contributed by atoms with Crippen LogP contribution in [0.1, 0.15) is 23.6 Å². The van der Waals surface area contributed by atoms with Crippen LogP contribution in [0.4, 0.5) is 0 Å². The SMILES string of the molecule is CCOc1ccc(CC(=O)N/N=C\c2c(OCc3ccc(I)cc3)ccc3ccccc23)cc1. The number of ether oxygens (including phenoxy) is 2. The zero-order chi connectivity index (χ0) is 23.8. The zero-order valence-corrected chi connectivity index (χ0v) is 21.0. The van der Waals surface area contributed by atoms with E-state index < -0.39 is 0 Å². The van der Waals surface area contributed by atoms with E-state index >= 15 is 0 Å². The molecule has 1 N–H and O–H groups in total. The molecule has 4 aromatic rings. The van der Waals surface area contributed by atoms with Crippen LogP contribution in [-0.2, 0) is 17.8 Å². The Hall–Kier alpha value is -3.39. The van der Waals surface area contributed by atoms with Gasteiger partial charge in [0, 0.05) is 9.13 Å². The molecule has 172 valence electrons. The van der Waals surface area contributed by atoms with Crippen LogP contribution in [-0.4, -0.2) is 18.7 Å². The van der Waals surface area contributed by atoms with Gasteiger partial charge in [-0.3, -0.25) is 4.79 Å². The van der Waals surface area contributed by atoms with Crippen molar-refractivity contribution in [3.63, 3.8) is 0 Å². The van der Waals surface area contributed by atoms with Gasteiger partial charge in [-0.05, 0) is 81.7 Å². The number of carbonyl (C=O) groups is 1. The smallest absolute Gasteiger partial charge is 0.244 e. The van der Waals surface area contributed by atoms with Crippen LogP contribution in [0.2, 0.25) is 0 Å². The molecule has 1 amide bonds. The highest BCUT2D eigenvalue weighted by molar-refractivity contribution is 14.1. The van der Waals surface area contributed by atoms with E-state index in [1.54, 1.807) is 6.21 Å². The van der Waals surface area contributed by atoms with Gasteiger partial charge in [-0.1, -0.05) is 54.6 Å². The molecule has 6 heteroatoms. The summed E-state index contributed by atoms with van der Waals surface area (Å²) in [6.07, 6.45) is 1.89. The second-order valence-corrected chi connectivity index (χ2v) is 8.91. The second kappa shape index (κ2) is 11.7. The summed E-state index contributed by atoms with van der Waals surface area (Å²) in [7, 11) is 0. The van der Waals surface area contributed by atoms with Gasteiger partial charge in [0.2, 0.25) is 5.91 Å². The van der Waals surface area contributed by atoms with Gasteiger partial charge >= 0.3 is 0 Å². The van der Waals surface area contributed by atoms with Crippen LogP contribution in [0.3, 0.4) is 0 Å². The summed E-state index contributed by atoms with van der Waals surface area (Å²) in [5.41, 5.74) is 5.43. The number of benzene rings is 4. The van der Waals surface area contributed by atoms with Gasteiger partial charge in [0.15, 0.2) is 0 Å². The molecule has 0 saturated carbocycles. The lowest BCUT2D eigenvalue weighted by Crippen LogP contribution is -2.19. The Labute approximate surface area is 212 Å². The average molecular weight is 564 g/mol. The van der Waals surface area contributed by atoms with E-state index in [-0.39, 0.29) is 12.3 Å². The maximum absolute atomic E-state index is 12.4. The van der Waals surface area contributed by atoms with Crippen molar-refractivity contribution in [3.8, 4) is 11.5 Å². The normalized spacial score (nSPS) is 11.0. The van der Waals surface area contributed by atoms with Gasteiger partial charge in [0.05, 0.1) is 19.2 Å². The quantitative estimate of drug-likeness (QED) is 0.152. The number of hydrazone groups is 1. The lowest BCUT2D eigenvalue weighted by atomic mass is 10.0. The van der Waals surface area contributed by atoms with Gasteiger partial charge in [-0.15, -0.1) is 0 Å². The first-order chi connectivity index (χ1) is 16.6. The summed E-state index contributed by atoms with van der Waals surface area (Å²) < 4.78 is 12.8. The van der Waals surface area contributed by atoms with Crippen LogP contribution in [0.25, 0.3) is 10.8 Å². The van der Waals surface area contributed by atoms with Crippen LogP contribution < -0.4 is 14.9 Å². The molecule has 0 radical (unpaired) electrons. The second-order valence-electron chi connectivity index (χ2n) is 7.66. The fraction of sp³-hybridized carbons (Fsp3) is 0.143. The highest BCUT2D eigenvalue weighted by Crippen LogP contribution is 2.27. The first-order valence-corrected chi connectivity index (χ1v) is 12.1. The maximum Gasteiger partial charge on any atom is 0.244 e. The van der Waals surface area contributed by atoms with Crippen LogP contribution in [0.5, 0.6) is 11.5 Å². The predicted octanol–water partition coefficient (Wildman–Crippen LogP) is 6.11. The van der Waals surface area contributed by atoms with E-state index in [0.717, 1.165) is 33.2 Å².